The Kier molecular flexibility index (Phi) is 4.79. The standard InChI is InChI=1S/C12H12BrFN2O2S2/c1-15-6-8-4-12(19-7-8)20(17,18)16-9-2-3-10(13)11(14)5-9/h2-5,7,15-16H,6H2,1H3. The zero-order valence-corrected chi connectivity index (χ0v) is 13.7. The fourth-order valence-corrected chi connectivity index (χ4v) is 4.06. The number of hydrogen-bond acceptors (Lipinski definition) is 4. The van der Waals surface area contributed by atoms with Crippen molar-refractivity contribution >= 4 is 43.0 Å². The molecular weight excluding hydrogens is 367 g/mol. The van der Waals surface area contributed by atoms with Crippen LogP contribution in [-0.2, 0) is 16.6 Å². The zero-order valence-electron chi connectivity index (χ0n) is 10.5. The third-order valence-corrected chi connectivity index (χ3v) is 5.96. The molecule has 0 atom stereocenters. The molecule has 0 unspecified atom stereocenters. The van der Waals surface area contributed by atoms with Gasteiger partial charge in [-0.1, -0.05) is 0 Å². The van der Waals surface area contributed by atoms with E-state index in [2.05, 4.69) is 26.0 Å². The minimum atomic E-state index is -3.68. The van der Waals surface area contributed by atoms with Gasteiger partial charge in [0.25, 0.3) is 10.0 Å². The molecular formula is C12H12BrFN2O2S2. The summed E-state index contributed by atoms with van der Waals surface area (Å²) in [5.74, 6) is -0.521. The molecule has 108 valence electrons. The summed E-state index contributed by atoms with van der Waals surface area (Å²) in [6, 6.07) is 5.67. The van der Waals surface area contributed by atoms with Crippen molar-refractivity contribution in [1.82, 2.24) is 5.32 Å². The molecule has 0 aliphatic heterocycles. The van der Waals surface area contributed by atoms with Crippen molar-refractivity contribution in [2.45, 2.75) is 10.8 Å². The molecule has 0 bridgehead atoms. The third-order valence-electron chi connectivity index (χ3n) is 2.45. The number of rotatable bonds is 5. The highest BCUT2D eigenvalue weighted by Crippen LogP contribution is 2.25. The number of thiophene rings is 1. The molecule has 0 saturated heterocycles. The Morgan fingerprint density at radius 3 is 2.75 bits per heavy atom. The van der Waals surface area contributed by atoms with Gasteiger partial charge in [-0.25, -0.2) is 12.8 Å². The smallest absolute Gasteiger partial charge is 0.271 e. The van der Waals surface area contributed by atoms with Gasteiger partial charge < -0.3 is 5.32 Å². The largest absolute Gasteiger partial charge is 0.316 e. The van der Waals surface area contributed by atoms with Crippen LogP contribution in [0.5, 0.6) is 0 Å². The molecule has 2 N–H and O–H groups in total. The van der Waals surface area contributed by atoms with Crippen molar-refractivity contribution in [3.63, 3.8) is 0 Å². The van der Waals surface area contributed by atoms with Crippen LogP contribution in [0.15, 0.2) is 38.3 Å². The van der Waals surface area contributed by atoms with E-state index in [1.807, 2.05) is 0 Å². The number of hydrogen-bond donors (Lipinski definition) is 2. The van der Waals surface area contributed by atoms with E-state index in [4.69, 9.17) is 0 Å². The third kappa shape index (κ3) is 3.57. The van der Waals surface area contributed by atoms with E-state index in [1.54, 1.807) is 18.5 Å². The van der Waals surface area contributed by atoms with Gasteiger partial charge in [0.05, 0.1) is 10.2 Å². The van der Waals surface area contributed by atoms with Gasteiger partial charge in [-0.3, -0.25) is 4.72 Å². The number of nitrogens with one attached hydrogen (secondary N) is 2. The normalized spacial score (nSPS) is 11.6. The molecule has 0 amide bonds. The second kappa shape index (κ2) is 6.21. The maximum atomic E-state index is 13.4. The van der Waals surface area contributed by atoms with E-state index in [9.17, 15) is 12.8 Å². The number of benzene rings is 1. The van der Waals surface area contributed by atoms with Gasteiger partial charge in [0.15, 0.2) is 0 Å². The van der Waals surface area contributed by atoms with Crippen LogP contribution < -0.4 is 10.0 Å². The molecule has 4 nitrogen and oxygen atoms in total. The molecule has 0 aliphatic carbocycles. The summed E-state index contributed by atoms with van der Waals surface area (Å²) in [5, 5.41) is 4.72. The first-order valence-electron chi connectivity index (χ1n) is 5.62. The van der Waals surface area contributed by atoms with Crippen molar-refractivity contribution in [2.75, 3.05) is 11.8 Å². The fourth-order valence-electron chi connectivity index (χ4n) is 1.56. The molecule has 8 heteroatoms. The van der Waals surface area contributed by atoms with Gasteiger partial charge in [-0.2, -0.15) is 0 Å². The van der Waals surface area contributed by atoms with Gasteiger partial charge in [-0.15, -0.1) is 11.3 Å². The molecule has 0 fully saturated rings. The van der Waals surface area contributed by atoms with E-state index in [1.165, 1.54) is 12.1 Å². The highest BCUT2D eigenvalue weighted by molar-refractivity contribution is 9.10. The minimum Gasteiger partial charge on any atom is -0.316 e. The quantitative estimate of drug-likeness (QED) is 0.839. The average Bonchev–Trinajstić information content (AvgIpc) is 2.83. The van der Waals surface area contributed by atoms with E-state index < -0.39 is 15.8 Å². The molecule has 1 aromatic heterocycles. The van der Waals surface area contributed by atoms with Crippen molar-refractivity contribution < 1.29 is 12.8 Å². The Bertz CT molecular complexity index is 716. The van der Waals surface area contributed by atoms with Crippen molar-refractivity contribution in [3.8, 4) is 0 Å². The van der Waals surface area contributed by atoms with Crippen LogP contribution in [0, 0.1) is 5.82 Å². The Morgan fingerprint density at radius 2 is 2.10 bits per heavy atom. The molecule has 2 rings (SSSR count). The van der Waals surface area contributed by atoms with Crippen molar-refractivity contribution in [3.05, 3.63) is 45.5 Å². The Labute approximate surface area is 129 Å². The van der Waals surface area contributed by atoms with Crippen LogP contribution in [0.1, 0.15) is 5.56 Å². The summed E-state index contributed by atoms with van der Waals surface area (Å²) < 4.78 is 40.5. The van der Waals surface area contributed by atoms with E-state index in [0.717, 1.165) is 23.0 Å². The minimum absolute atomic E-state index is 0.189. The summed E-state index contributed by atoms with van der Waals surface area (Å²) in [4.78, 5) is 0. The lowest BCUT2D eigenvalue weighted by Crippen LogP contribution is -2.11. The van der Waals surface area contributed by atoms with Gasteiger partial charge in [0.2, 0.25) is 0 Å². The first-order valence-corrected chi connectivity index (χ1v) is 8.78. The Morgan fingerprint density at radius 1 is 1.35 bits per heavy atom. The van der Waals surface area contributed by atoms with Crippen LogP contribution in [0.2, 0.25) is 0 Å². The number of anilines is 1. The van der Waals surface area contributed by atoms with Crippen LogP contribution in [0.3, 0.4) is 0 Å². The van der Waals surface area contributed by atoms with Crippen molar-refractivity contribution in [2.24, 2.45) is 0 Å². The fraction of sp³-hybridized carbons (Fsp3) is 0.167. The summed E-state index contributed by atoms with van der Waals surface area (Å²) in [5.41, 5.74) is 1.08. The lowest BCUT2D eigenvalue weighted by molar-refractivity contribution is 0.602. The predicted molar refractivity (Wildman–Crippen MR) is 82.0 cm³/mol. The lowest BCUT2D eigenvalue weighted by Gasteiger charge is -2.06. The highest BCUT2D eigenvalue weighted by Gasteiger charge is 2.17. The summed E-state index contributed by atoms with van der Waals surface area (Å²) in [7, 11) is -1.90. The van der Waals surface area contributed by atoms with E-state index >= 15 is 0 Å². The summed E-state index contributed by atoms with van der Waals surface area (Å²) in [6.45, 7) is 0.596. The van der Waals surface area contributed by atoms with Gasteiger partial charge in [-0.05, 0) is 58.2 Å². The Hall–Kier alpha value is -0.960. The number of sulfonamides is 1. The van der Waals surface area contributed by atoms with Crippen LogP contribution in [0.25, 0.3) is 0 Å². The number of halogens is 2. The van der Waals surface area contributed by atoms with Gasteiger partial charge in [0, 0.05) is 6.54 Å². The summed E-state index contributed by atoms with van der Waals surface area (Å²) in [6.07, 6.45) is 0. The molecule has 20 heavy (non-hydrogen) atoms. The predicted octanol–water partition coefficient (Wildman–Crippen LogP) is 3.17. The maximum absolute atomic E-state index is 13.4. The molecule has 0 radical (unpaired) electrons. The van der Waals surface area contributed by atoms with Crippen LogP contribution in [0.4, 0.5) is 10.1 Å². The van der Waals surface area contributed by atoms with E-state index in [-0.39, 0.29) is 14.4 Å². The van der Waals surface area contributed by atoms with Crippen molar-refractivity contribution in [1.29, 1.82) is 0 Å². The lowest BCUT2D eigenvalue weighted by atomic mass is 10.3. The van der Waals surface area contributed by atoms with Crippen LogP contribution >= 0.6 is 27.3 Å². The maximum Gasteiger partial charge on any atom is 0.271 e. The molecule has 2 aromatic rings. The molecule has 0 spiro atoms. The first kappa shape index (κ1) is 15.4. The monoisotopic (exact) mass is 378 g/mol. The van der Waals surface area contributed by atoms with Gasteiger partial charge in [0.1, 0.15) is 10.0 Å². The SMILES string of the molecule is CNCc1csc(S(=O)(=O)Nc2ccc(Br)c(F)c2)c1. The molecule has 1 heterocycles. The molecule has 0 aliphatic rings. The second-order valence-corrected chi connectivity index (χ2v) is 7.71. The molecule has 1 aromatic carbocycles. The first-order chi connectivity index (χ1) is 9.42. The van der Waals surface area contributed by atoms with Gasteiger partial charge >= 0.3 is 0 Å². The van der Waals surface area contributed by atoms with E-state index in [0.29, 0.717) is 6.54 Å². The van der Waals surface area contributed by atoms with Crippen LogP contribution in [-0.4, -0.2) is 15.5 Å². The summed E-state index contributed by atoms with van der Waals surface area (Å²) >= 11 is 4.15. The molecule has 0 saturated carbocycles. The average molecular weight is 379 g/mol. The second-order valence-electron chi connectivity index (χ2n) is 4.04. The Balaban J connectivity index is 2.23. The topological polar surface area (TPSA) is 58.2 Å². The zero-order chi connectivity index (χ0) is 14.8. The highest BCUT2D eigenvalue weighted by atomic mass is 79.9.